The summed E-state index contributed by atoms with van der Waals surface area (Å²) in [6, 6.07) is 5.89. The Morgan fingerprint density at radius 2 is 1.13 bits per heavy atom. The van der Waals surface area contributed by atoms with E-state index in [1.807, 2.05) is 52.0 Å². The van der Waals surface area contributed by atoms with Crippen molar-refractivity contribution in [3.05, 3.63) is 114 Å². The minimum absolute atomic E-state index is 0.00362. The fraction of sp³-hybridized carbons (Fsp3) is 0.567. The molecule has 0 saturated carbocycles. The quantitative estimate of drug-likeness (QED) is 0.0230. The lowest BCUT2D eigenvalue weighted by molar-refractivity contribution is -0.140. The second kappa shape index (κ2) is 50.3. The van der Waals surface area contributed by atoms with Crippen molar-refractivity contribution in [1.82, 2.24) is 74.1 Å². The van der Waals surface area contributed by atoms with Gasteiger partial charge in [0.2, 0.25) is 88.4 Å². The Morgan fingerprint density at radius 1 is 0.552 bits per heavy atom. The van der Waals surface area contributed by atoms with Crippen molar-refractivity contribution in [3.63, 3.8) is 0 Å². The minimum atomic E-state index is -1.99. The van der Waals surface area contributed by atoms with Gasteiger partial charge in [-0.3, -0.25) is 81.5 Å². The first-order valence-corrected chi connectivity index (χ1v) is 43.0. The molecular formula is C90H131N15O20. The lowest BCUT2D eigenvalue weighted by atomic mass is 9.87. The molecule has 0 radical (unpaired) electrons. The van der Waals surface area contributed by atoms with E-state index in [2.05, 4.69) is 74.1 Å². The van der Waals surface area contributed by atoms with Gasteiger partial charge in [-0.05, 0) is 166 Å². The molecule has 1 aliphatic rings. The number of carboxylic acid groups (broad SMARTS) is 1. The number of aliphatic carboxylic acids is 1. The zero-order valence-corrected chi connectivity index (χ0v) is 74.3. The number of nitrogens with one attached hydrogen (secondary N) is 14. The number of nitrogens with two attached hydrogens (primary N) is 1. The van der Waals surface area contributed by atoms with Crippen molar-refractivity contribution < 1.29 is 96.8 Å². The monoisotopic (exact) mass is 1740 g/mol. The molecule has 13 amide bonds. The number of allylic oxidation sites excluding steroid dienone is 2. The summed E-state index contributed by atoms with van der Waals surface area (Å²) in [4.78, 5) is 241. The molecule has 0 bridgehead atoms. The second-order valence-electron chi connectivity index (χ2n) is 34.2. The molecule has 125 heavy (non-hydrogen) atoms. The van der Waals surface area contributed by atoms with Gasteiger partial charge in [-0.2, -0.15) is 0 Å². The average molecular weight is 1740 g/mol. The molecule has 686 valence electrons. The number of benzene rings is 3. The number of aliphatic hydroxyl groups excluding tert-OH is 1. The van der Waals surface area contributed by atoms with Crippen molar-refractivity contribution in [1.29, 1.82) is 0 Å². The SMILES string of the molecule is CC(=O)N[C@@H](CC(C)C)C(=O)N[C@H](C(=O)N[C@@H](Cc1ccccc1)C(=O)N[C@]1(C)CCCCCC/C=C/CCC[C@@](C)(C(=O)NC(C)C(=O)N[C@@H](C)C(=O)NC(C)C(=O)N[C@@H](C)C(=O)C(=O)[C@H](C)NC[C@H](C)C(N)=O)NC(=O)[C@H](CC(C)C)CCC(=O)[C@H](Cc2c[nH]c3ccccc23)NC(=O)C(Cc2ccc(O)cc2)NC(=O)[C@H](CCC(=O)O)NC1=O)[C@@H](C)O. The number of fused-ring (bicyclic) bond motifs is 1. The lowest BCUT2D eigenvalue weighted by Crippen LogP contribution is -2.65. The topological polar surface area (TPSA) is 549 Å². The zero-order valence-electron chi connectivity index (χ0n) is 74.3. The molecule has 2 heterocycles. The van der Waals surface area contributed by atoms with Gasteiger partial charge in [0, 0.05) is 74.5 Å². The van der Waals surface area contributed by atoms with Gasteiger partial charge in [-0.25, -0.2) is 0 Å². The third kappa shape index (κ3) is 34.4. The average Bonchev–Trinajstić information content (AvgIpc) is 1.76. The number of para-hydroxylation sites is 1. The Bertz CT molecular complexity index is 4440. The molecule has 35 heteroatoms. The molecule has 0 aliphatic carbocycles. The third-order valence-electron chi connectivity index (χ3n) is 22.0. The van der Waals surface area contributed by atoms with Gasteiger partial charge in [-0.15, -0.1) is 0 Å². The highest BCUT2D eigenvalue weighted by molar-refractivity contribution is 6.41. The number of primary amides is 1. The molecule has 3 unspecified atom stereocenters. The number of H-pyrrole nitrogens is 1. The molecule has 19 N–H and O–H groups in total. The second-order valence-corrected chi connectivity index (χ2v) is 34.2. The molecule has 16 atom stereocenters. The van der Waals surface area contributed by atoms with Crippen LogP contribution in [0.4, 0.5) is 0 Å². The Morgan fingerprint density at radius 3 is 1.73 bits per heavy atom. The van der Waals surface area contributed by atoms with E-state index in [1.165, 1.54) is 93.5 Å². The number of Topliss-reactive ketones (excluding diaryl/α,β-unsaturated/α-hetero) is 3. The zero-order chi connectivity index (χ0) is 93.2. The third-order valence-corrected chi connectivity index (χ3v) is 22.0. The molecule has 0 fully saturated rings. The van der Waals surface area contributed by atoms with Crippen LogP contribution in [0.2, 0.25) is 0 Å². The Labute approximate surface area is 730 Å². The van der Waals surface area contributed by atoms with Crippen molar-refractivity contribution in [2.75, 3.05) is 6.54 Å². The molecule has 35 nitrogen and oxygen atoms in total. The number of ketones is 3. The van der Waals surface area contributed by atoms with Crippen molar-refractivity contribution in [2.45, 2.75) is 296 Å². The van der Waals surface area contributed by atoms with E-state index >= 15 is 28.8 Å². The first kappa shape index (κ1) is 104. The van der Waals surface area contributed by atoms with Gasteiger partial charge in [-0.1, -0.05) is 127 Å². The van der Waals surface area contributed by atoms with E-state index in [4.69, 9.17) is 5.73 Å². The predicted molar refractivity (Wildman–Crippen MR) is 466 cm³/mol. The normalized spacial score (nSPS) is 21.5. The van der Waals surface area contributed by atoms with Crippen LogP contribution in [-0.2, 0) is 101 Å². The van der Waals surface area contributed by atoms with Gasteiger partial charge in [0.1, 0.15) is 65.2 Å². The van der Waals surface area contributed by atoms with Crippen LogP contribution in [-0.4, -0.2) is 211 Å². The fourth-order valence-corrected chi connectivity index (χ4v) is 14.3. The maximum atomic E-state index is 15.4. The first-order valence-electron chi connectivity index (χ1n) is 43.0. The Balaban J connectivity index is 1.53. The number of carbonyl (C=O) groups excluding carboxylic acids is 16. The minimum Gasteiger partial charge on any atom is -0.508 e. The highest BCUT2D eigenvalue weighted by atomic mass is 16.4. The van der Waals surface area contributed by atoms with Crippen LogP contribution in [0, 0.1) is 23.7 Å². The van der Waals surface area contributed by atoms with Crippen molar-refractivity contribution in [3.8, 4) is 5.75 Å². The van der Waals surface area contributed by atoms with Crippen LogP contribution < -0.4 is 74.9 Å². The fourth-order valence-electron chi connectivity index (χ4n) is 14.3. The number of aromatic hydroxyl groups is 1. The standard InChI is InChI=1S/C90H131N15O20/c1-50(2)43-62-35-39-72(109)68(47-63-49-93-66-32-26-25-31-65(63)66)99-83(120)70(46-61-33-36-64(108)37-34-61)100-82(119)67(38-40-73(110)111)102-88(125)90(14,105-85(122)71(45-60-29-23-22-24-30-60)101-86(123)74(58(11)106)103-84(121)69(44-51(3)4)98-59(12)107)42-28-21-19-17-15-16-18-20-27-41-89(13,104-81(62)118)87(124)97-57(10)80(117)96-56(9)79(116)95-55(8)78(115)94-54(7)76(113)75(112)53(6)92-48-52(5)77(91)114/h16,18,22-26,29-34,36-37,49-58,62,67-71,74,92-93,106,108H,15,17,19-21,27-28,35,38-48H2,1-14H3,(H2,91,114)(H,94,115)(H,95,116)(H,96,117)(H,97,124)(H,98,107)(H,99,120)(H,100,119)(H,101,123)(H,102,125)(H,103,121)(H,104,118)(H,105,122)(H,110,111)/b18-16+/t52-,53-,54-,55?,56-,57?,58+,62-,67-,68-,69-,70?,71-,74-,89-,90+/m0/s1. The van der Waals surface area contributed by atoms with Gasteiger partial charge < -0.3 is 95.2 Å². The van der Waals surface area contributed by atoms with E-state index in [9.17, 15) is 68.1 Å². The van der Waals surface area contributed by atoms with Crippen LogP contribution >= 0.6 is 0 Å². The number of phenols is 1. The highest BCUT2D eigenvalue weighted by Gasteiger charge is 2.43. The number of amides is 13. The summed E-state index contributed by atoms with van der Waals surface area (Å²) < 4.78 is 0. The molecule has 3 aromatic carbocycles. The lowest BCUT2D eigenvalue weighted by Gasteiger charge is -2.34. The molecule has 1 aromatic heterocycles. The van der Waals surface area contributed by atoms with Crippen molar-refractivity contribution >= 4 is 111 Å². The maximum Gasteiger partial charge on any atom is 0.303 e. The maximum absolute atomic E-state index is 15.4. The van der Waals surface area contributed by atoms with Gasteiger partial charge in [0.05, 0.1) is 24.2 Å². The number of aromatic amines is 1. The highest BCUT2D eigenvalue weighted by Crippen LogP contribution is 2.27. The number of hydrogen-bond donors (Lipinski definition) is 18. The number of hydrogen-bond acceptors (Lipinski definition) is 20. The summed E-state index contributed by atoms with van der Waals surface area (Å²) in [6.45, 7) is 21.0. The van der Waals surface area contributed by atoms with Crippen LogP contribution in [0.25, 0.3) is 10.9 Å². The van der Waals surface area contributed by atoms with Gasteiger partial charge in [0.25, 0.3) is 0 Å². The number of aliphatic hydroxyl groups is 1. The molecular weight excluding hydrogens is 1610 g/mol. The van der Waals surface area contributed by atoms with Crippen LogP contribution in [0.3, 0.4) is 0 Å². The van der Waals surface area contributed by atoms with Gasteiger partial charge in [0.15, 0.2) is 5.78 Å². The van der Waals surface area contributed by atoms with E-state index in [0.717, 1.165) is 0 Å². The van der Waals surface area contributed by atoms with E-state index in [1.54, 1.807) is 48.7 Å². The number of phenolic OH excluding ortho intramolecular Hbond substituents is 1. The summed E-state index contributed by atoms with van der Waals surface area (Å²) in [6.07, 6.45) is 4.87. The molecule has 5 rings (SSSR count). The molecule has 0 spiro atoms. The van der Waals surface area contributed by atoms with Crippen LogP contribution in [0.15, 0.2) is 97.2 Å². The largest absolute Gasteiger partial charge is 0.508 e. The number of carboxylic acids is 1. The smallest absolute Gasteiger partial charge is 0.303 e. The Hall–Kier alpha value is -11.8. The van der Waals surface area contributed by atoms with E-state index in [-0.39, 0.29) is 88.3 Å². The Kier molecular flexibility index (Phi) is 41.7. The predicted octanol–water partition coefficient (Wildman–Crippen LogP) is 3.22. The number of carbonyl (C=O) groups is 17. The van der Waals surface area contributed by atoms with E-state index < -0.39 is 208 Å². The summed E-state index contributed by atoms with van der Waals surface area (Å²) >= 11 is 0. The van der Waals surface area contributed by atoms with Crippen molar-refractivity contribution in [2.24, 2.45) is 29.4 Å². The van der Waals surface area contributed by atoms with E-state index in [0.29, 0.717) is 66.1 Å². The van der Waals surface area contributed by atoms with Gasteiger partial charge >= 0.3 is 5.97 Å². The number of rotatable bonds is 36. The first-order chi connectivity index (χ1) is 58.8. The molecule has 1 aliphatic heterocycles. The summed E-state index contributed by atoms with van der Waals surface area (Å²) in [7, 11) is 0. The number of aromatic nitrogens is 1. The van der Waals surface area contributed by atoms with Crippen LogP contribution in [0.1, 0.15) is 210 Å². The molecule has 4 aromatic rings. The summed E-state index contributed by atoms with van der Waals surface area (Å²) in [5.74, 6) is -16.6. The summed E-state index contributed by atoms with van der Waals surface area (Å²) in [5, 5.41) is 67.0. The summed E-state index contributed by atoms with van der Waals surface area (Å²) in [5.41, 5.74) is 3.75. The molecule has 0 saturated heterocycles. The van der Waals surface area contributed by atoms with Crippen LogP contribution in [0.5, 0.6) is 5.75 Å².